The zero-order valence-corrected chi connectivity index (χ0v) is 16.4. The molecular formula is C21H26N2O3S. The van der Waals surface area contributed by atoms with Crippen molar-refractivity contribution in [2.45, 2.75) is 26.2 Å². The summed E-state index contributed by atoms with van der Waals surface area (Å²) in [6, 6.07) is 17.6. The molecule has 0 aromatic heterocycles. The van der Waals surface area contributed by atoms with Crippen molar-refractivity contribution in [2.24, 2.45) is 0 Å². The molecule has 0 aliphatic heterocycles. The molecule has 5 nitrogen and oxygen atoms in total. The Kier molecular flexibility index (Phi) is 8.71. The molecule has 0 aliphatic rings. The molecule has 0 aliphatic carbocycles. The van der Waals surface area contributed by atoms with Crippen LogP contribution in [0.2, 0.25) is 0 Å². The maximum absolute atomic E-state index is 12.0. The fourth-order valence-corrected chi connectivity index (χ4v) is 3.44. The topological polar surface area (TPSA) is 75.3 Å². The zero-order valence-electron chi connectivity index (χ0n) is 15.6. The van der Waals surface area contributed by atoms with Crippen molar-refractivity contribution in [1.82, 2.24) is 5.32 Å². The Morgan fingerprint density at radius 3 is 2.22 bits per heavy atom. The molecule has 0 fully saturated rings. The normalized spacial score (nSPS) is 11.6. The van der Waals surface area contributed by atoms with E-state index >= 15 is 0 Å². The van der Waals surface area contributed by atoms with E-state index < -0.39 is 10.8 Å². The second kappa shape index (κ2) is 11.3. The summed E-state index contributed by atoms with van der Waals surface area (Å²) in [7, 11) is -1.53. The Hall–Kier alpha value is -2.47. The highest BCUT2D eigenvalue weighted by atomic mass is 32.2. The maximum Gasteiger partial charge on any atom is 0.237 e. The average Bonchev–Trinajstić information content (AvgIpc) is 2.66. The van der Waals surface area contributed by atoms with Crippen LogP contribution in [-0.2, 0) is 33.2 Å². The Labute approximate surface area is 163 Å². The van der Waals surface area contributed by atoms with E-state index in [1.165, 1.54) is 11.1 Å². The van der Waals surface area contributed by atoms with Gasteiger partial charge in [0.25, 0.3) is 0 Å². The number of carbonyl (C=O) groups excluding carboxylic acids is 2. The van der Waals surface area contributed by atoms with Crippen molar-refractivity contribution in [3.05, 3.63) is 65.7 Å². The van der Waals surface area contributed by atoms with Crippen molar-refractivity contribution in [2.75, 3.05) is 23.4 Å². The number of benzene rings is 2. The lowest BCUT2D eigenvalue weighted by molar-refractivity contribution is -0.118. The van der Waals surface area contributed by atoms with Crippen molar-refractivity contribution >= 4 is 28.3 Å². The predicted molar refractivity (Wildman–Crippen MR) is 110 cm³/mol. The number of aryl methyl sites for hydroxylation is 2. The van der Waals surface area contributed by atoms with E-state index in [9.17, 15) is 13.8 Å². The number of anilines is 1. The lowest BCUT2D eigenvalue weighted by Gasteiger charge is -2.07. The fraction of sp³-hybridized carbons (Fsp3) is 0.333. The van der Waals surface area contributed by atoms with Crippen molar-refractivity contribution in [3.8, 4) is 0 Å². The summed E-state index contributed by atoms with van der Waals surface area (Å²) in [5.41, 5.74) is 3.07. The van der Waals surface area contributed by atoms with Gasteiger partial charge in [-0.3, -0.25) is 13.8 Å². The van der Waals surface area contributed by atoms with E-state index in [0.717, 1.165) is 19.3 Å². The highest BCUT2D eigenvalue weighted by molar-refractivity contribution is 7.86. The minimum absolute atomic E-state index is 0.159. The van der Waals surface area contributed by atoms with Gasteiger partial charge in [-0.05, 0) is 42.5 Å². The molecule has 2 aromatic rings. The summed E-state index contributed by atoms with van der Waals surface area (Å²) >= 11 is 0. The lowest BCUT2D eigenvalue weighted by Crippen LogP contribution is -2.32. The Morgan fingerprint density at radius 2 is 1.56 bits per heavy atom. The second-order valence-electron chi connectivity index (χ2n) is 6.27. The molecule has 2 rings (SSSR count). The largest absolute Gasteiger partial charge is 0.355 e. The molecule has 144 valence electrons. The molecule has 0 heterocycles. The van der Waals surface area contributed by atoms with Gasteiger partial charge in [-0.2, -0.15) is 0 Å². The van der Waals surface area contributed by atoms with Gasteiger partial charge in [0.2, 0.25) is 11.8 Å². The molecule has 2 N–H and O–H groups in total. The molecule has 27 heavy (non-hydrogen) atoms. The third-order valence-electron chi connectivity index (χ3n) is 4.04. The highest BCUT2D eigenvalue weighted by Gasteiger charge is 2.12. The van der Waals surface area contributed by atoms with Crippen molar-refractivity contribution in [1.29, 1.82) is 0 Å². The molecule has 0 unspecified atom stereocenters. The molecule has 0 bridgehead atoms. The third kappa shape index (κ3) is 8.17. The highest BCUT2D eigenvalue weighted by Crippen LogP contribution is 2.09. The lowest BCUT2D eigenvalue weighted by atomic mass is 10.1. The zero-order chi connectivity index (χ0) is 19.5. The quantitative estimate of drug-likeness (QED) is 0.617. The van der Waals surface area contributed by atoms with Crippen molar-refractivity contribution in [3.63, 3.8) is 0 Å². The molecule has 0 radical (unpaired) electrons. The molecule has 2 aromatic carbocycles. The number of carbonyl (C=O) groups is 2. The SMILES string of the molecule is CCc1ccc(NC(=O)C[S@](=O)CC(=O)NCCCc2ccccc2)cc1. The predicted octanol–water partition coefficient (Wildman–Crippen LogP) is 2.69. The van der Waals surface area contributed by atoms with E-state index in [2.05, 4.69) is 17.6 Å². The van der Waals surface area contributed by atoms with Crippen LogP contribution in [0.15, 0.2) is 54.6 Å². The minimum Gasteiger partial charge on any atom is -0.355 e. The average molecular weight is 387 g/mol. The first-order valence-electron chi connectivity index (χ1n) is 9.11. The van der Waals surface area contributed by atoms with Gasteiger partial charge in [0.05, 0.1) is 0 Å². The first-order chi connectivity index (χ1) is 13.1. The van der Waals surface area contributed by atoms with E-state index in [1.807, 2.05) is 54.6 Å². The Morgan fingerprint density at radius 1 is 0.889 bits per heavy atom. The van der Waals surface area contributed by atoms with Gasteiger partial charge in [-0.15, -0.1) is 0 Å². The first-order valence-corrected chi connectivity index (χ1v) is 10.6. The summed E-state index contributed by atoms with van der Waals surface area (Å²) in [6.45, 7) is 2.59. The van der Waals surface area contributed by atoms with E-state index in [0.29, 0.717) is 12.2 Å². The van der Waals surface area contributed by atoms with Gasteiger partial charge in [0.1, 0.15) is 11.5 Å². The van der Waals surface area contributed by atoms with Crippen molar-refractivity contribution < 1.29 is 13.8 Å². The molecule has 0 saturated carbocycles. The summed E-state index contributed by atoms with van der Waals surface area (Å²) in [6.07, 6.45) is 2.62. The summed E-state index contributed by atoms with van der Waals surface area (Å²) in [5, 5.41) is 5.46. The van der Waals surface area contributed by atoms with Crippen LogP contribution in [0.5, 0.6) is 0 Å². The second-order valence-corrected chi connectivity index (χ2v) is 7.72. The molecule has 0 spiro atoms. The van der Waals surface area contributed by atoms with Gasteiger partial charge in [-0.1, -0.05) is 49.4 Å². The number of amides is 2. The van der Waals surface area contributed by atoms with Gasteiger partial charge < -0.3 is 10.6 Å². The van der Waals surface area contributed by atoms with Gasteiger partial charge >= 0.3 is 0 Å². The van der Waals surface area contributed by atoms with E-state index in [-0.39, 0.29) is 23.3 Å². The number of hydrogen-bond donors (Lipinski definition) is 2. The molecule has 6 heteroatoms. The van der Waals surface area contributed by atoms with Crippen LogP contribution in [0.4, 0.5) is 5.69 Å². The third-order valence-corrected chi connectivity index (χ3v) is 5.21. The maximum atomic E-state index is 12.0. The van der Waals surface area contributed by atoms with E-state index in [4.69, 9.17) is 0 Å². The summed E-state index contributed by atoms with van der Waals surface area (Å²) in [5.74, 6) is -0.989. The van der Waals surface area contributed by atoms with Crippen LogP contribution in [0.1, 0.15) is 24.5 Å². The Balaban J connectivity index is 1.63. The van der Waals surface area contributed by atoms with Gasteiger partial charge in [0.15, 0.2) is 0 Å². The Bertz CT molecular complexity index is 761. The van der Waals surface area contributed by atoms with Crippen LogP contribution >= 0.6 is 0 Å². The molecular weight excluding hydrogens is 360 g/mol. The fourth-order valence-electron chi connectivity index (χ4n) is 2.58. The minimum atomic E-state index is -1.53. The number of hydrogen-bond acceptors (Lipinski definition) is 3. The molecule has 2 amide bonds. The van der Waals surface area contributed by atoms with Crippen LogP contribution < -0.4 is 10.6 Å². The first kappa shape index (κ1) is 20.8. The summed E-state index contributed by atoms with van der Waals surface area (Å²) < 4.78 is 12.0. The smallest absolute Gasteiger partial charge is 0.237 e. The van der Waals surface area contributed by atoms with Crippen LogP contribution in [0.3, 0.4) is 0 Å². The summed E-state index contributed by atoms with van der Waals surface area (Å²) in [4.78, 5) is 23.8. The molecule has 1 atom stereocenters. The van der Waals surface area contributed by atoms with Crippen LogP contribution in [-0.4, -0.2) is 34.1 Å². The standard InChI is InChI=1S/C21H26N2O3S/c1-2-17-10-12-19(13-11-17)23-21(25)16-27(26)15-20(24)22-14-6-9-18-7-4-3-5-8-18/h3-5,7-8,10-13H,2,6,9,14-16H2,1H3,(H,22,24)(H,23,25)/t27-/m1/s1. The van der Waals surface area contributed by atoms with E-state index in [1.54, 1.807) is 0 Å². The van der Waals surface area contributed by atoms with Gasteiger partial charge in [0, 0.05) is 23.0 Å². The molecule has 0 saturated heterocycles. The van der Waals surface area contributed by atoms with Crippen LogP contribution in [0, 0.1) is 0 Å². The number of nitrogens with one attached hydrogen (secondary N) is 2. The van der Waals surface area contributed by atoms with Crippen LogP contribution in [0.25, 0.3) is 0 Å². The monoisotopic (exact) mass is 386 g/mol. The van der Waals surface area contributed by atoms with Gasteiger partial charge in [-0.25, -0.2) is 0 Å². The number of rotatable bonds is 10.